The van der Waals surface area contributed by atoms with Gasteiger partial charge in [0.25, 0.3) is 5.91 Å². The van der Waals surface area contributed by atoms with Crippen LogP contribution in [0.25, 0.3) is 11.4 Å². The van der Waals surface area contributed by atoms with Gasteiger partial charge in [-0.15, -0.1) is 10.2 Å². The predicted octanol–water partition coefficient (Wildman–Crippen LogP) is 4.04. The Labute approximate surface area is 142 Å². The number of anilines is 1. The Bertz CT molecular complexity index is 876. The Morgan fingerprint density at radius 1 is 1.17 bits per heavy atom. The zero-order valence-corrected chi connectivity index (χ0v) is 13.6. The highest BCUT2D eigenvalue weighted by atomic mass is 35.5. The second-order valence-corrected chi connectivity index (χ2v) is 5.73. The van der Waals surface area contributed by atoms with E-state index in [2.05, 4.69) is 15.5 Å². The first kappa shape index (κ1) is 15.5. The number of aromatic nitrogens is 3. The van der Waals surface area contributed by atoms with E-state index in [0.29, 0.717) is 27.1 Å². The van der Waals surface area contributed by atoms with Gasteiger partial charge >= 0.3 is 0 Å². The molecule has 0 aliphatic rings. The molecule has 0 aliphatic carbocycles. The minimum Gasteiger partial charge on any atom is -0.321 e. The summed E-state index contributed by atoms with van der Waals surface area (Å²) < 4.78 is 1.78. The van der Waals surface area contributed by atoms with E-state index >= 15 is 0 Å². The van der Waals surface area contributed by atoms with E-state index in [-0.39, 0.29) is 5.91 Å². The Hall–Kier alpha value is -2.37. The molecule has 1 amide bonds. The van der Waals surface area contributed by atoms with E-state index in [1.54, 1.807) is 29.1 Å². The number of benzene rings is 2. The fourth-order valence-electron chi connectivity index (χ4n) is 2.18. The van der Waals surface area contributed by atoms with Gasteiger partial charge in [-0.3, -0.25) is 4.79 Å². The van der Waals surface area contributed by atoms with E-state index in [1.807, 2.05) is 25.2 Å². The van der Waals surface area contributed by atoms with Crippen LogP contribution in [0.15, 0.2) is 48.8 Å². The van der Waals surface area contributed by atoms with Crippen molar-refractivity contribution >= 4 is 34.8 Å². The molecule has 0 saturated heterocycles. The molecule has 3 aromatic rings. The van der Waals surface area contributed by atoms with Crippen LogP contribution < -0.4 is 5.32 Å². The Kier molecular flexibility index (Phi) is 4.32. The summed E-state index contributed by atoms with van der Waals surface area (Å²) in [5, 5.41) is 11.6. The molecule has 0 saturated carbocycles. The van der Waals surface area contributed by atoms with Gasteiger partial charge in [-0.2, -0.15) is 0 Å². The smallest absolute Gasteiger partial charge is 0.257 e. The quantitative estimate of drug-likeness (QED) is 0.778. The summed E-state index contributed by atoms with van der Waals surface area (Å²) in [6.45, 7) is 0. The van der Waals surface area contributed by atoms with E-state index in [9.17, 15) is 4.79 Å². The van der Waals surface area contributed by atoms with Gasteiger partial charge in [0.1, 0.15) is 6.33 Å². The van der Waals surface area contributed by atoms with Gasteiger partial charge in [-0.25, -0.2) is 0 Å². The van der Waals surface area contributed by atoms with Gasteiger partial charge < -0.3 is 9.88 Å². The lowest BCUT2D eigenvalue weighted by Gasteiger charge is -2.11. The topological polar surface area (TPSA) is 59.8 Å². The van der Waals surface area contributed by atoms with Crippen LogP contribution in [0.4, 0.5) is 5.69 Å². The molecule has 0 spiro atoms. The number of nitrogens with zero attached hydrogens (tertiary/aromatic N) is 3. The Balaban J connectivity index is 1.95. The first-order chi connectivity index (χ1) is 11.1. The molecular weight excluding hydrogens is 335 g/mol. The summed E-state index contributed by atoms with van der Waals surface area (Å²) in [6, 6.07) is 12.1. The van der Waals surface area contributed by atoms with Crippen LogP contribution in [0.5, 0.6) is 0 Å². The van der Waals surface area contributed by atoms with Crippen molar-refractivity contribution in [1.82, 2.24) is 14.8 Å². The van der Waals surface area contributed by atoms with E-state index in [4.69, 9.17) is 23.2 Å². The molecule has 0 atom stereocenters. The number of nitrogens with one attached hydrogen (secondary N) is 1. The van der Waals surface area contributed by atoms with Crippen molar-refractivity contribution in [3.8, 4) is 11.4 Å². The molecule has 0 fully saturated rings. The molecule has 1 aromatic heterocycles. The maximum atomic E-state index is 12.5. The van der Waals surface area contributed by atoms with Crippen LogP contribution in [-0.2, 0) is 7.05 Å². The second-order valence-electron chi connectivity index (χ2n) is 4.89. The Morgan fingerprint density at radius 3 is 2.65 bits per heavy atom. The van der Waals surface area contributed by atoms with Crippen LogP contribution in [0.2, 0.25) is 10.0 Å². The third-order valence-electron chi connectivity index (χ3n) is 3.30. The number of aryl methyl sites for hydroxylation is 1. The van der Waals surface area contributed by atoms with Crippen LogP contribution >= 0.6 is 23.2 Å². The lowest BCUT2D eigenvalue weighted by atomic mass is 10.1. The number of carbonyl (C=O) groups excluding carboxylic acids is 1. The van der Waals surface area contributed by atoms with Crippen molar-refractivity contribution in [1.29, 1.82) is 0 Å². The minimum atomic E-state index is -0.318. The first-order valence-corrected chi connectivity index (χ1v) is 7.51. The molecule has 7 heteroatoms. The molecule has 5 nitrogen and oxygen atoms in total. The molecule has 2 aromatic carbocycles. The van der Waals surface area contributed by atoms with Crippen LogP contribution in [-0.4, -0.2) is 20.7 Å². The highest BCUT2D eigenvalue weighted by Gasteiger charge is 2.15. The standard InChI is InChI=1S/C16H12Cl2N4O/c1-22-9-19-21-15(22)12-4-2-3-5-14(12)20-16(23)11-7-6-10(17)8-13(11)18/h2-9H,1H3,(H,20,23). The lowest BCUT2D eigenvalue weighted by molar-refractivity contribution is 0.102. The second kappa shape index (κ2) is 6.40. The maximum absolute atomic E-state index is 12.5. The van der Waals surface area contributed by atoms with Crippen LogP contribution in [0.1, 0.15) is 10.4 Å². The highest BCUT2D eigenvalue weighted by molar-refractivity contribution is 6.37. The minimum absolute atomic E-state index is 0.297. The molecule has 1 N–H and O–H groups in total. The highest BCUT2D eigenvalue weighted by Crippen LogP contribution is 2.27. The van der Waals surface area contributed by atoms with Gasteiger partial charge in [-0.1, -0.05) is 35.3 Å². The monoisotopic (exact) mass is 346 g/mol. The van der Waals surface area contributed by atoms with Gasteiger partial charge in [0.15, 0.2) is 5.82 Å². The number of carbonyl (C=O) groups is 1. The summed E-state index contributed by atoms with van der Waals surface area (Å²) >= 11 is 11.9. The number of amides is 1. The zero-order valence-electron chi connectivity index (χ0n) is 12.1. The fraction of sp³-hybridized carbons (Fsp3) is 0.0625. The third kappa shape index (κ3) is 3.21. The van der Waals surface area contributed by atoms with E-state index in [1.165, 1.54) is 6.07 Å². The molecule has 3 rings (SSSR count). The van der Waals surface area contributed by atoms with Crippen molar-refractivity contribution in [2.45, 2.75) is 0 Å². The molecule has 116 valence electrons. The fourth-order valence-corrected chi connectivity index (χ4v) is 2.67. The van der Waals surface area contributed by atoms with E-state index in [0.717, 1.165) is 5.56 Å². The number of hydrogen-bond donors (Lipinski definition) is 1. The van der Waals surface area contributed by atoms with Crippen molar-refractivity contribution in [2.75, 3.05) is 5.32 Å². The van der Waals surface area contributed by atoms with E-state index < -0.39 is 0 Å². The third-order valence-corrected chi connectivity index (χ3v) is 3.85. The maximum Gasteiger partial charge on any atom is 0.257 e. The SMILES string of the molecule is Cn1cnnc1-c1ccccc1NC(=O)c1ccc(Cl)cc1Cl. The summed E-state index contributed by atoms with van der Waals surface area (Å²) in [5.74, 6) is 0.337. The van der Waals surface area contributed by atoms with Crippen molar-refractivity contribution in [3.05, 3.63) is 64.4 Å². The van der Waals surface area contributed by atoms with Gasteiger partial charge in [0, 0.05) is 17.6 Å². The molecule has 1 heterocycles. The van der Waals surface area contributed by atoms with Crippen molar-refractivity contribution < 1.29 is 4.79 Å². The molecule has 0 unspecified atom stereocenters. The van der Waals surface area contributed by atoms with Gasteiger partial charge in [0.2, 0.25) is 0 Å². The molecule has 0 radical (unpaired) electrons. The summed E-state index contributed by atoms with van der Waals surface area (Å²) in [5.41, 5.74) is 1.74. The van der Waals surface area contributed by atoms with Gasteiger partial charge in [0.05, 0.1) is 16.3 Å². The number of halogens is 2. The largest absolute Gasteiger partial charge is 0.321 e. The average Bonchev–Trinajstić information content (AvgIpc) is 2.93. The molecule has 0 aliphatic heterocycles. The molecule has 23 heavy (non-hydrogen) atoms. The number of rotatable bonds is 3. The summed E-state index contributed by atoms with van der Waals surface area (Å²) in [4.78, 5) is 12.5. The van der Waals surface area contributed by atoms with Crippen LogP contribution in [0.3, 0.4) is 0 Å². The van der Waals surface area contributed by atoms with Gasteiger partial charge in [-0.05, 0) is 30.3 Å². The average molecular weight is 347 g/mol. The normalized spacial score (nSPS) is 10.6. The lowest BCUT2D eigenvalue weighted by Crippen LogP contribution is -2.13. The number of para-hydroxylation sites is 1. The predicted molar refractivity (Wildman–Crippen MR) is 90.9 cm³/mol. The molecular formula is C16H12Cl2N4O. The molecule has 0 bridgehead atoms. The Morgan fingerprint density at radius 2 is 1.96 bits per heavy atom. The van der Waals surface area contributed by atoms with Crippen molar-refractivity contribution in [3.63, 3.8) is 0 Å². The van der Waals surface area contributed by atoms with Crippen LogP contribution in [0, 0.1) is 0 Å². The number of hydrogen-bond acceptors (Lipinski definition) is 3. The first-order valence-electron chi connectivity index (χ1n) is 6.76. The van der Waals surface area contributed by atoms with Crippen molar-refractivity contribution in [2.24, 2.45) is 7.05 Å². The zero-order chi connectivity index (χ0) is 16.4. The summed E-state index contributed by atoms with van der Waals surface area (Å²) in [7, 11) is 1.84. The summed E-state index contributed by atoms with van der Waals surface area (Å²) in [6.07, 6.45) is 1.60.